The molecular weight excluding hydrogens is 430 g/mol. The van der Waals surface area contributed by atoms with Gasteiger partial charge in [-0.15, -0.1) is 0 Å². The molecule has 2 aromatic heterocycles. The summed E-state index contributed by atoms with van der Waals surface area (Å²) in [6, 6.07) is 10.4. The predicted octanol–water partition coefficient (Wildman–Crippen LogP) is 4.38. The summed E-state index contributed by atoms with van der Waals surface area (Å²) in [4.78, 5) is 9.29. The van der Waals surface area contributed by atoms with Crippen LogP contribution in [-0.2, 0) is 19.6 Å². The van der Waals surface area contributed by atoms with Crippen LogP contribution in [-0.4, -0.2) is 23.9 Å². The number of aryl methyl sites for hydroxylation is 5. The Morgan fingerprint density at radius 2 is 1.76 bits per heavy atom. The van der Waals surface area contributed by atoms with Gasteiger partial charge < -0.3 is 18.9 Å². The number of methoxy groups -OCH3 is 1. The van der Waals surface area contributed by atoms with Gasteiger partial charge in [0.1, 0.15) is 6.61 Å². The molecular formula is C27H26N3O4+. The largest absolute Gasteiger partial charge is 0.493 e. The van der Waals surface area contributed by atoms with Crippen molar-refractivity contribution in [1.82, 2.24) is 9.97 Å². The molecule has 4 aromatic rings. The van der Waals surface area contributed by atoms with Gasteiger partial charge in [-0.3, -0.25) is 9.97 Å². The van der Waals surface area contributed by atoms with Crippen LogP contribution >= 0.6 is 0 Å². The van der Waals surface area contributed by atoms with E-state index in [2.05, 4.69) is 40.0 Å². The fraction of sp³-hybridized carbons (Fsp3) is 0.296. The third-order valence-corrected chi connectivity index (χ3v) is 6.73. The second-order valence-electron chi connectivity index (χ2n) is 8.78. The minimum Gasteiger partial charge on any atom is -0.493 e. The summed E-state index contributed by atoms with van der Waals surface area (Å²) in [6.45, 7) is 7.38. The van der Waals surface area contributed by atoms with E-state index in [1.54, 1.807) is 7.11 Å². The molecule has 0 saturated carbocycles. The molecule has 2 aromatic carbocycles. The van der Waals surface area contributed by atoms with E-state index in [0.29, 0.717) is 18.1 Å². The summed E-state index contributed by atoms with van der Waals surface area (Å²) in [5.74, 6) is 3.04. The summed E-state index contributed by atoms with van der Waals surface area (Å²) in [5.41, 5.74) is 7.17. The standard InChI is InChI=1S/C27H26N3O4/c1-15-16(2)29-22(17(3)28-15)13-32-27-21-12-30-8-7-19-10-25-26(34-14-33-25)11-20(19)23(30)9-18(21)5-6-24(27)31-4/h5-6,9-12H,7-8,13-14H2,1-4H3/q+1. The first kappa shape index (κ1) is 20.7. The Bertz CT molecular complexity index is 1460. The molecule has 7 heteroatoms. The van der Waals surface area contributed by atoms with E-state index in [-0.39, 0.29) is 6.79 Å². The van der Waals surface area contributed by atoms with Gasteiger partial charge in [0, 0.05) is 12.5 Å². The molecule has 34 heavy (non-hydrogen) atoms. The van der Waals surface area contributed by atoms with E-state index in [1.807, 2.05) is 26.8 Å². The van der Waals surface area contributed by atoms with E-state index in [9.17, 15) is 0 Å². The van der Waals surface area contributed by atoms with Crippen molar-refractivity contribution in [2.24, 2.45) is 0 Å². The minimum absolute atomic E-state index is 0.279. The number of fused-ring (bicyclic) bond motifs is 5. The van der Waals surface area contributed by atoms with Crippen LogP contribution in [0.3, 0.4) is 0 Å². The fourth-order valence-electron chi connectivity index (χ4n) is 4.75. The lowest BCUT2D eigenvalue weighted by molar-refractivity contribution is -0.686. The third kappa shape index (κ3) is 3.31. The molecule has 6 rings (SSSR count). The molecule has 0 N–H and O–H groups in total. The summed E-state index contributed by atoms with van der Waals surface area (Å²) in [5, 5.41) is 2.08. The highest BCUT2D eigenvalue weighted by Crippen LogP contribution is 2.41. The van der Waals surface area contributed by atoms with Gasteiger partial charge in [-0.2, -0.15) is 4.57 Å². The number of pyridine rings is 1. The van der Waals surface area contributed by atoms with Crippen molar-refractivity contribution >= 4 is 10.8 Å². The maximum absolute atomic E-state index is 6.35. The van der Waals surface area contributed by atoms with Gasteiger partial charge in [-0.05, 0) is 56.0 Å². The van der Waals surface area contributed by atoms with Gasteiger partial charge in [-0.25, -0.2) is 0 Å². The smallest absolute Gasteiger partial charge is 0.231 e. The van der Waals surface area contributed by atoms with Crippen LogP contribution in [0.15, 0.2) is 36.5 Å². The fourth-order valence-corrected chi connectivity index (χ4v) is 4.75. The number of hydrogen-bond acceptors (Lipinski definition) is 6. The molecule has 0 radical (unpaired) electrons. The van der Waals surface area contributed by atoms with Gasteiger partial charge in [0.25, 0.3) is 0 Å². The van der Waals surface area contributed by atoms with Gasteiger partial charge in [0.05, 0.1) is 40.8 Å². The minimum atomic E-state index is 0.279. The van der Waals surface area contributed by atoms with Crippen LogP contribution < -0.4 is 23.5 Å². The molecule has 0 spiro atoms. The maximum Gasteiger partial charge on any atom is 0.231 e. The molecule has 0 bridgehead atoms. The lowest BCUT2D eigenvalue weighted by Gasteiger charge is -2.18. The van der Waals surface area contributed by atoms with Crippen molar-refractivity contribution in [3.63, 3.8) is 0 Å². The molecule has 4 heterocycles. The van der Waals surface area contributed by atoms with E-state index < -0.39 is 0 Å². The molecule has 0 saturated heterocycles. The molecule has 2 aliphatic rings. The second-order valence-corrected chi connectivity index (χ2v) is 8.78. The number of rotatable bonds is 4. The SMILES string of the molecule is COc1ccc2cc3[n+](cc2c1OCc1nc(C)c(C)nc1C)CCc1cc2c(cc1-3)OCO2. The molecule has 172 valence electrons. The Morgan fingerprint density at radius 3 is 2.59 bits per heavy atom. The van der Waals surface area contributed by atoms with Crippen molar-refractivity contribution < 1.29 is 23.5 Å². The van der Waals surface area contributed by atoms with Gasteiger partial charge >= 0.3 is 0 Å². The average molecular weight is 457 g/mol. The molecule has 0 aliphatic carbocycles. The Labute approximate surface area is 197 Å². The van der Waals surface area contributed by atoms with Crippen molar-refractivity contribution in [2.45, 2.75) is 40.3 Å². The van der Waals surface area contributed by atoms with Crippen molar-refractivity contribution in [2.75, 3.05) is 13.9 Å². The van der Waals surface area contributed by atoms with Crippen LogP contribution in [0.1, 0.15) is 28.3 Å². The van der Waals surface area contributed by atoms with Crippen LogP contribution in [0.5, 0.6) is 23.0 Å². The Hall–Kier alpha value is -3.87. The van der Waals surface area contributed by atoms with E-state index >= 15 is 0 Å². The highest BCUT2D eigenvalue weighted by molar-refractivity contribution is 5.91. The molecule has 7 nitrogen and oxygen atoms in total. The molecule has 0 unspecified atom stereocenters. The molecule has 0 atom stereocenters. The first-order chi connectivity index (χ1) is 16.5. The number of hydrogen-bond donors (Lipinski definition) is 0. The van der Waals surface area contributed by atoms with Crippen LogP contribution in [0.4, 0.5) is 0 Å². The summed E-state index contributed by atoms with van der Waals surface area (Å²) in [6.07, 6.45) is 3.09. The van der Waals surface area contributed by atoms with Crippen LogP contribution in [0.25, 0.3) is 22.0 Å². The molecule has 2 aliphatic heterocycles. The zero-order valence-corrected chi connectivity index (χ0v) is 19.8. The highest BCUT2D eigenvalue weighted by Gasteiger charge is 2.28. The topological polar surface area (TPSA) is 66.6 Å². The van der Waals surface area contributed by atoms with Crippen molar-refractivity contribution in [1.29, 1.82) is 0 Å². The maximum atomic E-state index is 6.35. The molecule has 0 amide bonds. The number of ether oxygens (including phenoxy) is 4. The van der Waals surface area contributed by atoms with Crippen molar-refractivity contribution in [3.8, 4) is 34.3 Å². The Morgan fingerprint density at radius 1 is 0.971 bits per heavy atom. The monoisotopic (exact) mass is 456 g/mol. The van der Waals surface area contributed by atoms with Gasteiger partial charge in [0.2, 0.25) is 12.5 Å². The predicted molar refractivity (Wildman–Crippen MR) is 127 cm³/mol. The Balaban J connectivity index is 1.43. The lowest BCUT2D eigenvalue weighted by atomic mass is 9.95. The van der Waals surface area contributed by atoms with Gasteiger partial charge in [0.15, 0.2) is 35.7 Å². The summed E-state index contributed by atoms with van der Waals surface area (Å²) < 4.78 is 25.5. The highest BCUT2D eigenvalue weighted by atomic mass is 16.7. The average Bonchev–Trinajstić information content (AvgIpc) is 3.30. The quantitative estimate of drug-likeness (QED) is 0.425. The van der Waals surface area contributed by atoms with Crippen LogP contribution in [0.2, 0.25) is 0 Å². The van der Waals surface area contributed by atoms with Gasteiger partial charge in [-0.1, -0.05) is 0 Å². The van der Waals surface area contributed by atoms with E-state index in [0.717, 1.165) is 63.7 Å². The van der Waals surface area contributed by atoms with E-state index in [1.165, 1.54) is 11.1 Å². The number of nitrogens with zero attached hydrogens (tertiary/aromatic N) is 3. The second kappa shape index (κ2) is 7.87. The first-order valence-corrected chi connectivity index (χ1v) is 11.4. The summed E-state index contributed by atoms with van der Waals surface area (Å²) in [7, 11) is 1.67. The van der Waals surface area contributed by atoms with E-state index in [4.69, 9.17) is 23.9 Å². The summed E-state index contributed by atoms with van der Waals surface area (Å²) >= 11 is 0. The van der Waals surface area contributed by atoms with Crippen molar-refractivity contribution in [3.05, 3.63) is 64.9 Å². The Kier molecular flexibility index (Phi) is 4.79. The normalized spacial score (nSPS) is 13.5. The first-order valence-electron chi connectivity index (χ1n) is 11.4. The zero-order valence-electron chi connectivity index (χ0n) is 19.8. The third-order valence-electron chi connectivity index (χ3n) is 6.73. The number of aromatic nitrogens is 3. The zero-order chi connectivity index (χ0) is 23.4. The lowest BCUT2D eigenvalue weighted by Crippen LogP contribution is -2.40. The van der Waals surface area contributed by atoms with Crippen LogP contribution in [0, 0.1) is 20.8 Å². The molecule has 0 fully saturated rings. The number of benzene rings is 2.